The van der Waals surface area contributed by atoms with E-state index in [2.05, 4.69) is 59.6 Å². The first-order valence-corrected chi connectivity index (χ1v) is 8.16. The molecule has 0 radical (unpaired) electrons. The molecule has 2 nitrogen and oxygen atoms in total. The summed E-state index contributed by atoms with van der Waals surface area (Å²) < 4.78 is 6.40. The highest BCUT2D eigenvalue weighted by Gasteiger charge is 2.44. The normalized spacial score (nSPS) is 24.3. The molecule has 3 atom stereocenters. The van der Waals surface area contributed by atoms with Crippen molar-refractivity contribution < 1.29 is 4.74 Å². The summed E-state index contributed by atoms with van der Waals surface area (Å²) in [6.07, 6.45) is 2.93. The van der Waals surface area contributed by atoms with Gasteiger partial charge in [-0.05, 0) is 35.7 Å². The van der Waals surface area contributed by atoms with Gasteiger partial charge in [-0.1, -0.05) is 48.5 Å². The molecule has 0 saturated carbocycles. The van der Waals surface area contributed by atoms with Crippen LogP contribution in [-0.2, 0) is 6.42 Å². The standard InChI is InChI=1S/C21H17NO/c1-2-8-15-14(7-1)13-17-20(15)16-9-3-4-11-19(16)23-21(17)18-10-5-6-12-22-18/h1-12,17,20-21H,13H2/t17-,20-,21+/m1/s1. The lowest BCUT2D eigenvalue weighted by atomic mass is 9.79. The van der Waals surface area contributed by atoms with Crippen molar-refractivity contribution >= 4 is 0 Å². The predicted molar refractivity (Wildman–Crippen MR) is 89.5 cm³/mol. The molecule has 23 heavy (non-hydrogen) atoms. The zero-order valence-electron chi connectivity index (χ0n) is 12.7. The van der Waals surface area contributed by atoms with E-state index < -0.39 is 0 Å². The van der Waals surface area contributed by atoms with Crippen molar-refractivity contribution in [1.82, 2.24) is 4.98 Å². The van der Waals surface area contributed by atoms with Gasteiger partial charge in [0.2, 0.25) is 0 Å². The number of nitrogens with zero attached hydrogens (tertiary/aromatic N) is 1. The number of pyridine rings is 1. The number of benzene rings is 2. The molecule has 3 aromatic rings. The van der Waals surface area contributed by atoms with Crippen LogP contribution in [0.5, 0.6) is 5.75 Å². The molecule has 0 amide bonds. The molecule has 2 aliphatic rings. The van der Waals surface area contributed by atoms with E-state index >= 15 is 0 Å². The number of fused-ring (bicyclic) bond motifs is 5. The van der Waals surface area contributed by atoms with Crippen LogP contribution in [0, 0.1) is 5.92 Å². The summed E-state index contributed by atoms with van der Waals surface area (Å²) in [5.41, 5.74) is 5.25. The summed E-state index contributed by atoms with van der Waals surface area (Å²) in [5.74, 6) is 1.82. The Labute approximate surface area is 135 Å². The minimum atomic E-state index is 0.0171. The Hall–Kier alpha value is -2.61. The van der Waals surface area contributed by atoms with E-state index in [1.807, 2.05) is 18.3 Å². The number of hydrogen-bond donors (Lipinski definition) is 0. The lowest BCUT2D eigenvalue weighted by Gasteiger charge is -2.36. The molecule has 5 rings (SSSR count). The molecule has 0 bridgehead atoms. The molecule has 112 valence electrons. The number of rotatable bonds is 1. The Balaban J connectivity index is 1.70. The van der Waals surface area contributed by atoms with Gasteiger partial charge in [-0.3, -0.25) is 4.98 Å². The van der Waals surface area contributed by atoms with Crippen molar-refractivity contribution in [2.75, 3.05) is 0 Å². The van der Waals surface area contributed by atoms with Crippen LogP contribution in [0.1, 0.15) is 34.4 Å². The third-order valence-electron chi connectivity index (χ3n) is 5.15. The zero-order chi connectivity index (χ0) is 15.2. The molecule has 0 N–H and O–H groups in total. The van der Waals surface area contributed by atoms with Gasteiger partial charge in [0, 0.05) is 23.6 Å². The average Bonchev–Trinajstić information content (AvgIpc) is 3.01. The third-order valence-corrected chi connectivity index (χ3v) is 5.15. The minimum absolute atomic E-state index is 0.0171. The van der Waals surface area contributed by atoms with Crippen molar-refractivity contribution in [3.05, 3.63) is 95.3 Å². The van der Waals surface area contributed by atoms with E-state index in [9.17, 15) is 0 Å². The van der Waals surface area contributed by atoms with Gasteiger partial charge < -0.3 is 4.74 Å². The van der Waals surface area contributed by atoms with Crippen molar-refractivity contribution in [2.45, 2.75) is 18.4 Å². The van der Waals surface area contributed by atoms with Gasteiger partial charge in [-0.25, -0.2) is 0 Å². The van der Waals surface area contributed by atoms with E-state index in [0.717, 1.165) is 17.9 Å². The smallest absolute Gasteiger partial charge is 0.145 e. The fourth-order valence-electron chi connectivity index (χ4n) is 4.20. The van der Waals surface area contributed by atoms with Crippen LogP contribution in [-0.4, -0.2) is 4.98 Å². The van der Waals surface area contributed by atoms with Gasteiger partial charge in [0.05, 0.1) is 5.69 Å². The molecule has 0 spiro atoms. The second-order valence-corrected chi connectivity index (χ2v) is 6.38. The number of hydrogen-bond acceptors (Lipinski definition) is 2. The summed E-state index contributed by atoms with van der Waals surface area (Å²) >= 11 is 0. The summed E-state index contributed by atoms with van der Waals surface area (Å²) in [7, 11) is 0. The maximum absolute atomic E-state index is 6.40. The zero-order valence-corrected chi connectivity index (χ0v) is 12.7. The Bertz CT molecular complexity index is 858. The molecule has 2 heterocycles. The van der Waals surface area contributed by atoms with Crippen molar-refractivity contribution in [3.8, 4) is 5.75 Å². The molecule has 2 aromatic carbocycles. The summed E-state index contributed by atoms with van der Waals surface area (Å²) in [6, 6.07) is 23.4. The fourth-order valence-corrected chi connectivity index (χ4v) is 4.20. The first-order chi connectivity index (χ1) is 11.4. The minimum Gasteiger partial charge on any atom is -0.483 e. The third kappa shape index (κ3) is 1.91. The Morgan fingerprint density at radius 2 is 1.61 bits per heavy atom. The Morgan fingerprint density at radius 3 is 2.48 bits per heavy atom. The van der Waals surface area contributed by atoms with Gasteiger partial charge in [0.1, 0.15) is 11.9 Å². The maximum Gasteiger partial charge on any atom is 0.145 e. The summed E-state index contributed by atoms with van der Waals surface area (Å²) in [5, 5.41) is 0. The number of ether oxygens (including phenoxy) is 1. The van der Waals surface area contributed by atoms with Crippen LogP contribution in [0.25, 0.3) is 0 Å². The molecule has 0 fully saturated rings. The quantitative estimate of drug-likeness (QED) is 0.659. The van der Waals surface area contributed by atoms with Gasteiger partial charge in [0.25, 0.3) is 0 Å². The van der Waals surface area contributed by atoms with E-state index in [4.69, 9.17) is 4.74 Å². The Morgan fingerprint density at radius 1 is 0.826 bits per heavy atom. The van der Waals surface area contributed by atoms with Crippen LogP contribution >= 0.6 is 0 Å². The van der Waals surface area contributed by atoms with Crippen LogP contribution < -0.4 is 4.74 Å². The van der Waals surface area contributed by atoms with E-state index in [0.29, 0.717) is 11.8 Å². The Kier molecular flexibility index (Phi) is 2.77. The largest absolute Gasteiger partial charge is 0.483 e. The lowest BCUT2D eigenvalue weighted by Crippen LogP contribution is -2.29. The molecular weight excluding hydrogens is 282 g/mol. The van der Waals surface area contributed by atoms with Crippen LogP contribution in [0.15, 0.2) is 72.9 Å². The molecular formula is C21H17NO. The highest BCUT2D eigenvalue weighted by atomic mass is 16.5. The molecule has 1 aliphatic heterocycles. The summed E-state index contributed by atoms with van der Waals surface area (Å²) in [6.45, 7) is 0. The lowest BCUT2D eigenvalue weighted by molar-refractivity contribution is 0.104. The highest BCUT2D eigenvalue weighted by Crippen LogP contribution is 2.54. The predicted octanol–water partition coefficient (Wildman–Crippen LogP) is 4.52. The SMILES string of the molecule is c1ccc([C@H]2Oc3ccccc3[C@H]3c4ccccc4C[C@H]32)nc1. The first kappa shape index (κ1) is 12.9. The fraction of sp³-hybridized carbons (Fsp3) is 0.190. The van der Waals surface area contributed by atoms with Gasteiger partial charge in [0.15, 0.2) is 0 Å². The molecule has 2 heteroatoms. The average molecular weight is 299 g/mol. The van der Waals surface area contributed by atoms with Gasteiger partial charge in [-0.15, -0.1) is 0 Å². The number of aromatic nitrogens is 1. The van der Waals surface area contributed by atoms with Crippen molar-refractivity contribution in [3.63, 3.8) is 0 Å². The van der Waals surface area contributed by atoms with Gasteiger partial charge >= 0.3 is 0 Å². The molecule has 0 unspecified atom stereocenters. The van der Waals surface area contributed by atoms with Gasteiger partial charge in [-0.2, -0.15) is 0 Å². The molecule has 0 saturated heterocycles. The van der Waals surface area contributed by atoms with E-state index in [1.54, 1.807) is 0 Å². The van der Waals surface area contributed by atoms with Crippen LogP contribution in [0.3, 0.4) is 0 Å². The maximum atomic E-state index is 6.40. The molecule has 1 aliphatic carbocycles. The number of para-hydroxylation sites is 1. The molecule has 1 aromatic heterocycles. The second-order valence-electron chi connectivity index (χ2n) is 6.38. The van der Waals surface area contributed by atoms with Crippen LogP contribution in [0.4, 0.5) is 0 Å². The van der Waals surface area contributed by atoms with Crippen LogP contribution in [0.2, 0.25) is 0 Å². The van der Waals surface area contributed by atoms with E-state index in [-0.39, 0.29) is 6.10 Å². The highest BCUT2D eigenvalue weighted by molar-refractivity contribution is 5.51. The first-order valence-electron chi connectivity index (χ1n) is 8.16. The topological polar surface area (TPSA) is 22.1 Å². The monoisotopic (exact) mass is 299 g/mol. The second kappa shape index (κ2) is 4.95. The van der Waals surface area contributed by atoms with E-state index in [1.165, 1.54) is 16.7 Å². The van der Waals surface area contributed by atoms with Crippen molar-refractivity contribution in [2.24, 2.45) is 5.92 Å². The summed E-state index contributed by atoms with van der Waals surface area (Å²) in [4.78, 5) is 4.57. The van der Waals surface area contributed by atoms with Crippen molar-refractivity contribution in [1.29, 1.82) is 0 Å².